The molecule has 1 aromatic carbocycles. The Morgan fingerprint density at radius 2 is 2.13 bits per heavy atom. The minimum atomic E-state index is -4.54. The number of rotatable bonds is 5. The van der Waals surface area contributed by atoms with Gasteiger partial charge in [0.2, 0.25) is 0 Å². The van der Waals surface area contributed by atoms with Gasteiger partial charge in [-0.1, -0.05) is 0 Å². The smallest absolute Gasteiger partial charge is 0.422 e. The van der Waals surface area contributed by atoms with Crippen LogP contribution in [0.15, 0.2) is 18.2 Å². The van der Waals surface area contributed by atoms with Gasteiger partial charge in [-0.05, 0) is 12.1 Å². The maximum atomic E-state index is 12.3. The largest absolute Gasteiger partial charge is 0.482 e. The van der Waals surface area contributed by atoms with E-state index in [-0.39, 0.29) is 30.2 Å². The summed E-state index contributed by atoms with van der Waals surface area (Å²) in [5.74, 6) is -0.303. The summed E-state index contributed by atoms with van der Waals surface area (Å²) in [7, 11) is 0. The minimum absolute atomic E-state index is 0.0474. The van der Waals surface area contributed by atoms with Crippen LogP contribution in [-0.4, -0.2) is 54.4 Å². The van der Waals surface area contributed by atoms with Gasteiger partial charge in [-0.15, -0.1) is 0 Å². The molecule has 1 fully saturated rings. The predicted octanol–water partition coefficient (Wildman–Crippen LogP) is 0.573. The third-order valence-electron chi connectivity index (χ3n) is 3.37. The molecule has 0 spiro atoms. The predicted molar refractivity (Wildman–Crippen MR) is 72.0 cm³/mol. The number of ether oxygens (including phenoxy) is 2. The van der Waals surface area contributed by atoms with Gasteiger partial charge in [0.05, 0.1) is 18.2 Å². The number of nitrogens with zero attached hydrogens (tertiary/aromatic N) is 1. The van der Waals surface area contributed by atoms with E-state index in [1.54, 1.807) is 6.07 Å². The highest BCUT2D eigenvalue weighted by atomic mass is 19.4. The third kappa shape index (κ3) is 4.25. The number of alkyl halides is 3. The maximum Gasteiger partial charge on any atom is 0.422 e. The van der Waals surface area contributed by atoms with E-state index in [9.17, 15) is 23.4 Å². The monoisotopic (exact) mass is 332 g/mol. The second kappa shape index (κ2) is 6.62. The molecule has 126 valence electrons. The first-order chi connectivity index (χ1) is 10.8. The average Bonchev–Trinajstić information content (AvgIpc) is 2.87. The lowest BCUT2D eigenvalue weighted by atomic mass is 10.0. The Kier molecular flexibility index (Phi) is 4.99. The van der Waals surface area contributed by atoms with E-state index in [2.05, 4.69) is 5.32 Å². The van der Waals surface area contributed by atoms with Gasteiger partial charge in [-0.25, -0.2) is 0 Å². The average molecular weight is 332 g/mol. The second-order valence-corrected chi connectivity index (χ2v) is 5.18. The van der Waals surface area contributed by atoms with Crippen LogP contribution in [0.3, 0.4) is 0 Å². The van der Waals surface area contributed by atoms with Crippen LogP contribution < -0.4 is 14.8 Å². The SMILES string of the molecule is N#Cc1ccc(O[C@H]2CNC[C@@]2(O)CO)c(OCC(F)(F)F)c1. The van der Waals surface area contributed by atoms with Crippen molar-refractivity contribution in [1.29, 1.82) is 5.26 Å². The van der Waals surface area contributed by atoms with Crippen molar-refractivity contribution in [3.63, 3.8) is 0 Å². The van der Waals surface area contributed by atoms with Gasteiger partial charge in [0.1, 0.15) is 11.7 Å². The van der Waals surface area contributed by atoms with Crippen LogP contribution in [0.4, 0.5) is 13.2 Å². The standard InChI is InChI=1S/C14H15F3N2O4/c15-14(16,17)8-22-11-3-9(4-18)1-2-10(11)23-12-5-19-6-13(12,21)7-20/h1-3,12,19-21H,5-8H2/t12-,13+/m0/s1. The van der Waals surface area contributed by atoms with Gasteiger partial charge in [-0.2, -0.15) is 18.4 Å². The van der Waals surface area contributed by atoms with E-state index >= 15 is 0 Å². The number of nitriles is 1. The zero-order chi connectivity index (χ0) is 17.1. The molecule has 1 aliphatic heterocycles. The molecule has 1 aliphatic rings. The molecule has 6 nitrogen and oxygen atoms in total. The minimum Gasteiger partial charge on any atom is -0.482 e. The fraction of sp³-hybridized carbons (Fsp3) is 0.500. The summed E-state index contributed by atoms with van der Waals surface area (Å²) in [5.41, 5.74) is -1.44. The lowest BCUT2D eigenvalue weighted by molar-refractivity contribution is -0.153. The Balaban J connectivity index is 2.22. The summed E-state index contributed by atoms with van der Waals surface area (Å²) in [5, 5.41) is 31.1. The third-order valence-corrected chi connectivity index (χ3v) is 3.37. The van der Waals surface area contributed by atoms with Gasteiger partial charge < -0.3 is 25.0 Å². The molecule has 0 amide bonds. The number of nitrogens with one attached hydrogen (secondary N) is 1. The highest BCUT2D eigenvalue weighted by Crippen LogP contribution is 2.33. The number of hydrogen-bond acceptors (Lipinski definition) is 6. The fourth-order valence-electron chi connectivity index (χ4n) is 2.13. The molecule has 1 saturated heterocycles. The fourth-order valence-corrected chi connectivity index (χ4v) is 2.13. The molecule has 2 atom stereocenters. The molecule has 3 N–H and O–H groups in total. The van der Waals surface area contributed by atoms with Crippen molar-refractivity contribution in [3.8, 4) is 17.6 Å². The Morgan fingerprint density at radius 1 is 1.39 bits per heavy atom. The Morgan fingerprint density at radius 3 is 2.74 bits per heavy atom. The lowest BCUT2D eigenvalue weighted by Gasteiger charge is -2.28. The first-order valence-electron chi connectivity index (χ1n) is 6.72. The first-order valence-corrected chi connectivity index (χ1v) is 6.72. The van der Waals surface area contributed by atoms with Gasteiger partial charge in [0.25, 0.3) is 0 Å². The van der Waals surface area contributed by atoms with Crippen molar-refractivity contribution < 1.29 is 32.9 Å². The van der Waals surface area contributed by atoms with E-state index in [4.69, 9.17) is 14.7 Å². The molecular weight excluding hydrogens is 317 g/mol. The lowest BCUT2D eigenvalue weighted by Crippen LogP contribution is -2.48. The van der Waals surface area contributed by atoms with Crippen LogP contribution in [0.1, 0.15) is 5.56 Å². The number of hydrogen-bond donors (Lipinski definition) is 3. The molecule has 1 heterocycles. The van der Waals surface area contributed by atoms with E-state index in [0.29, 0.717) is 0 Å². The Hall–Kier alpha value is -2.02. The molecule has 2 rings (SSSR count). The molecule has 0 radical (unpaired) electrons. The van der Waals surface area contributed by atoms with Gasteiger partial charge >= 0.3 is 6.18 Å². The maximum absolute atomic E-state index is 12.3. The molecule has 0 aliphatic carbocycles. The van der Waals surface area contributed by atoms with E-state index in [1.807, 2.05) is 0 Å². The molecule has 9 heteroatoms. The van der Waals surface area contributed by atoms with Gasteiger partial charge in [-0.3, -0.25) is 0 Å². The summed E-state index contributed by atoms with van der Waals surface area (Å²) in [6, 6.07) is 5.57. The van der Waals surface area contributed by atoms with Crippen molar-refractivity contribution in [2.45, 2.75) is 17.9 Å². The second-order valence-electron chi connectivity index (χ2n) is 5.18. The first kappa shape index (κ1) is 17.3. The van der Waals surface area contributed by atoms with E-state index < -0.39 is 31.1 Å². The summed E-state index contributed by atoms with van der Waals surface area (Å²) in [6.45, 7) is -1.82. The van der Waals surface area contributed by atoms with E-state index in [1.165, 1.54) is 12.1 Å². The number of aliphatic hydroxyl groups excluding tert-OH is 1. The molecular formula is C14H15F3N2O4. The highest BCUT2D eigenvalue weighted by Gasteiger charge is 2.43. The van der Waals surface area contributed by atoms with Crippen LogP contribution in [0.2, 0.25) is 0 Å². The van der Waals surface area contributed by atoms with Crippen molar-refractivity contribution in [2.24, 2.45) is 0 Å². The quantitative estimate of drug-likeness (QED) is 0.730. The van der Waals surface area contributed by atoms with Crippen molar-refractivity contribution in [1.82, 2.24) is 5.32 Å². The molecule has 23 heavy (non-hydrogen) atoms. The van der Waals surface area contributed by atoms with Crippen molar-refractivity contribution in [3.05, 3.63) is 23.8 Å². The number of β-amino-alcohol motifs (C(OH)–C–C–N with tert-alkyl or cyclic N) is 1. The summed E-state index contributed by atoms with van der Waals surface area (Å²) in [6.07, 6.45) is -5.41. The molecule has 0 unspecified atom stereocenters. The highest BCUT2D eigenvalue weighted by molar-refractivity contribution is 5.47. The molecule has 0 saturated carbocycles. The van der Waals surface area contributed by atoms with Crippen LogP contribution in [-0.2, 0) is 0 Å². The number of aliphatic hydroxyl groups is 2. The molecule has 1 aromatic rings. The topological polar surface area (TPSA) is 94.7 Å². The number of halogens is 3. The van der Waals surface area contributed by atoms with Crippen LogP contribution >= 0.6 is 0 Å². The summed E-state index contributed by atoms with van der Waals surface area (Å²) in [4.78, 5) is 0. The Labute approximate surface area is 130 Å². The number of benzene rings is 1. The van der Waals surface area contributed by atoms with Gasteiger partial charge in [0.15, 0.2) is 18.1 Å². The Bertz CT molecular complexity index is 603. The zero-order valence-electron chi connectivity index (χ0n) is 11.9. The summed E-state index contributed by atoms with van der Waals surface area (Å²) >= 11 is 0. The van der Waals surface area contributed by atoms with E-state index in [0.717, 1.165) is 6.07 Å². The van der Waals surface area contributed by atoms with Crippen molar-refractivity contribution >= 4 is 0 Å². The summed E-state index contributed by atoms with van der Waals surface area (Å²) < 4.78 is 47.2. The normalized spacial score (nSPS) is 24.3. The molecule has 0 aromatic heterocycles. The van der Waals surface area contributed by atoms with Crippen LogP contribution in [0.25, 0.3) is 0 Å². The van der Waals surface area contributed by atoms with Gasteiger partial charge in [0, 0.05) is 19.2 Å². The van der Waals surface area contributed by atoms with Crippen molar-refractivity contribution in [2.75, 3.05) is 26.3 Å². The van der Waals surface area contributed by atoms with Crippen LogP contribution in [0, 0.1) is 11.3 Å². The molecule has 0 bridgehead atoms. The zero-order valence-corrected chi connectivity index (χ0v) is 11.9. The van der Waals surface area contributed by atoms with Crippen LogP contribution in [0.5, 0.6) is 11.5 Å².